The predicted octanol–water partition coefficient (Wildman–Crippen LogP) is 4.37. The van der Waals surface area contributed by atoms with Gasteiger partial charge in [0.05, 0.1) is 12.7 Å². The zero-order chi connectivity index (χ0) is 15.7. The first-order valence-electron chi connectivity index (χ1n) is 7.06. The Morgan fingerprint density at radius 2 is 1.86 bits per heavy atom. The van der Waals surface area contributed by atoms with Gasteiger partial charge in [0.15, 0.2) is 0 Å². The zero-order valence-corrected chi connectivity index (χ0v) is 12.4. The molecule has 3 rings (SSSR count). The Morgan fingerprint density at radius 1 is 1.14 bits per heavy atom. The van der Waals surface area contributed by atoms with Crippen molar-refractivity contribution in [1.82, 2.24) is 0 Å². The SMILES string of the molecule is Cc1ccc2c(CC(=O)Nc3ccc(F)cc3)coc2c1C. The maximum Gasteiger partial charge on any atom is 0.228 e. The molecule has 0 aliphatic rings. The Kier molecular flexibility index (Phi) is 3.67. The van der Waals surface area contributed by atoms with E-state index in [4.69, 9.17) is 4.42 Å². The summed E-state index contributed by atoms with van der Waals surface area (Å²) in [7, 11) is 0. The number of fused-ring (bicyclic) bond motifs is 1. The third-order valence-electron chi connectivity index (χ3n) is 3.82. The Morgan fingerprint density at radius 3 is 2.59 bits per heavy atom. The summed E-state index contributed by atoms with van der Waals surface area (Å²) in [6.45, 7) is 4.03. The number of hydrogen-bond donors (Lipinski definition) is 1. The van der Waals surface area contributed by atoms with E-state index in [9.17, 15) is 9.18 Å². The van der Waals surface area contributed by atoms with E-state index in [1.165, 1.54) is 24.3 Å². The van der Waals surface area contributed by atoms with Crippen LogP contribution >= 0.6 is 0 Å². The fourth-order valence-corrected chi connectivity index (χ4v) is 2.44. The van der Waals surface area contributed by atoms with Gasteiger partial charge in [-0.1, -0.05) is 12.1 Å². The van der Waals surface area contributed by atoms with E-state index in [2.05, 4.69) is 5.32 Å². The van der Waals surface area contributed by atoms with Crippen LogP contribution in [0.5, 0.6) is 0 Å². The lowest BCUT2D eigenvalue weighted by molar-refractivity contribution is -0.115. The molecule has 0 saturated heterocycles. The Balaban J connectivity index is 1.79. The Labute approximate surface area is 127 Å². The molecule has 22 heavy (non-hydrogen) atoms. The van der Waals surface area contributed by atoms with Crippen molar-refractivity contribution < 1.29 is 13.6 Å². The van der Waals surface area contributed by atoms with Crippen LogP contribution in [0, 0.1) is 19.7 Å². The van der Waals surface area contributed by atoms with Crippen molar-refractivity contribution in [3.8, 4) is 0 Å². The van der Waals surface area contributed by atoms with E-state index in [1.54, 1.807) is 6.26 Å². The van der Waals surface area contributed by atoms with Crippen LogP contribution in [0.4, 0.5) is 10.1 Å². The van der Waals surface area contributed by atoms with Crippen LogP contribution in [0.3, 0.4) is 0 Å². The second-order valence-corrected chi connectivity index (χ2v) is 5.38. The van der Waals surface area contributed by atoms with Crippen LogP contribution in [0.25, 0.3) is 11.0 Å². The van der Waals surface area contributed by atoms with Crippen molar-refractivity contribution in [1.29, 1.82) is 0 Å². The van der Waals surface area contributed by atoms with Gasteiger partial charge in [0.2, 0.25) is 5.91 Å². The van der Waals surface area contributed by atoms with E-state index < -0.39 is 0 Å². The van der Waals surface area contributed by atoms with E-state index in [0.29, 0.717) is 5.69 Å². The molecular weight excluding hydrogens is 281 g/mol. The van der Waals surface area contributed by atoms with Crippen LogP contribution in [-0.4, -0.2) is 5.91 Å². The molecule has 0 aliphatic carbocycles. The quantitative estimate of drug-likeness (QED) is 0.780. The molecule has 0 fully saturated rings. The molecule has 0 saturated carbocycles. The second-order valence-electron chi connectivity index (χ2n) is 5.38. The third kappa shape index (κ3) is 2.72. The fraction of sp³-hybridized carbons (Fsp3) is 0.167. The fourth-order valence-electron chi connectivity index (χ4n) is 2.44. The number of aryl methyl sites for hydroxylation is 2. The van der Waals surface area contributed by atoms with E-state index in [-0.39, 0.29) is 18.1 Å². The number of nitrogens with one attached hydrogen (secondary N) is 1. The number of hydrogen-bond acceptors (Lipinski definition) is 2. The first kappa shape index (κ1) is 14.3. The number of carbonyl (C=O) groups is 1. The van der Waals surface area contributed by atoms with Gasteiger partial charge in [0, 0.05) is 16.6 Å². The Hall–Kier alpha value is -2.62. The molecule has 112 valence electrons. The van der Waals surface area contributed by atoms with Gasteiger partial charge in [-0.25, -0.2) is 4.39 Å². The lowest BCUT2D eigenvalue weighted by atomic mass is 10.0. The summed E-state index contributed by atoms with van der Waals surface area (Å²) in [6.07, 6.45) is 1.84. The molecule has 0 unspecified atom stereocenters. The molecule has 1 aromatic heterocycles. The number of halogens is 1. The number of furan rings is 1. The molecule has 0 atom stereocenters. The molecule has 2 aromatic carbocycles. The number of rotatable bonds is 3. The molecule has 3 aromatic rings. The van der Waals surface area contributed by atoms with Crippen LogP contribution in [0.1, 0.15) is 16.7 Å². The number of amides is 1. The number of benzene rings is 2. The van der Waals surface area contributed by atoms with E-state index in [0.717, 1.165) is 27.7 Å². The van der Waals surface area contributed by atoms with Gasteiger partial charge in [-0.15, -0.1) is 0 Å². The summed E-state index contributed by atoms with van der Waals surface area (Å²) >= 11 is 0. The molecule has 1 heterocycles. The normalized spacial score (nSPS) is 10.9. The molecule has 1 amide bonds. The van der Waals surface area contributed by atoms with Crippen molar-refractivity contribution in [3.05, 3.63) is 65.2 Å². The smallest absolute Gasteiger partial charge is 0.228 e. The van der Waals surface area contributed by atoms with Crippen LogP contribution in [-0.2, 0) is 11.2 Å². The van der Waals surface area contributed by atoms with Crippen LogP contribution in [0.2, 0.25) is 0 Å². The van der Waals surface area contributed by atoms with Crippen molar-refractivity contribution in [3.63, 3.8) is 0 Å². The summed E-state index contributed by atoms with van der Waals surface area (Å²) in [4.78, 5) is 12.1. The van der Waals surface area contributed by atoms with E-state index in [1.807, 2.05) is 26.0 Å². The molecule has 1 N–H and O–H groups in total. The summed E-state index contributed by atoms with van der Waals surface area (Å²) in [5.41, 5.74) is 4.49. The predicted molar refractivity (Wildman–Crippen MR) is 84.4 cm³/mol. The van der Waals surface area contributed by atoms with Crippen molar-refractivity contribution in [2.75, 3.05) is 5.32 Å². The molecule has 0 spiro atoms. The van der Waals surface area contributed by atoms with Gasteiger partial charge in [0.25, 0.3) is 0 Å². The minimum Gasteiger partial charge on any atom is -0.464 e. The van der Waals surface area contributed by atoms with Gasteiger partial charge in [-0.2, -0.15) is 0 Å². The monoisotopic (exact) mass is 297 g/mol. The van der Waals surface area contributed by atoms with Gasteiger partial charge in [-0.3, -0.25) is 4.79 Å². The highest BCUT2D eigenvalue weighted by atomic mass is 19.1. The maximum absolute atomic E-state index is 12.8. The minimum atomic E-state index is -0.329. The average molecular weight is 297 g/mol. The topological polar surface area (TPSA) is 42.2 Å². The summed E-state index contributed by atoms with van der Waals surface area (Å²) in [6, 6.07) is 9.70. The molecular formula is C18H16FNO2. The Bertz CT molecular complexity index is 834. The molecule has 4 heteroatoms. The summed E-state index contributed by atoms with van der Waals surface area (Å²) < 4.78 is 18.4. The van der Waals surface area contributed by atoms with Crippen LogP contribution < -0.4 is 5.32 Å². The van der Waals surface area contributed by atoms with Crippen molar-refractivity contribution in [2.24, 2.45) is 0 Å². The van der Waals surface area contributed by atoms with Gasteiger partial charge >= 0.3 is 0 Å². The highest BCUT2D eigenvalue weighted by molar-refractivity contribution is 5.95. The number of carbonyl (C=O) groups excluding carboxylic acids is 1. The highest BCUT2D eigenvalue weighted by Crippen LogP contribution is 2.27. The second kappa shape index (κ2) is 5.64. The standard InChI is InChI=1S/C18H16FNO2/c1-11-3-8-16-13(10-22-18(16)12(11)2)9-17(21)20-15-6-4-14(19)5-7-15/h3-8,10H,9H2,1-2H3,(H,20,21). The lowest BCUT2D eigenvalue weighted by Crippen LogP contribution is -2.14. The number of anilines is 1. The minimum absolute atomic E-state index is 0.160. The lowest BCUT2D eigenvalue weighted by Gasteiger charge is -2.05. The average Bonchev–Trinajstić information content (AvgIpc) is 2.89. The third-order valence-corrected chi connectivity index (χ3v) is 3.82. The first-order chi connectivity index (χ1) is 10.5. The summed E-state index contributed by atoms with van der Waals surface area (Å²) in [5, 5.41) is 3.71. The molecule has 3 nitrogen and oxygen atoms in total. The summed E-state index contributed by atoms with van der Waals surface area (Å²) in [5.74, 6) is -0.489. The van der Waals surface area contributed by atoms with Gasteiger partial charge < -0.3 is 9.73 Å². The van der Waals surface area contributed by atoms with Gasteiger partial charge in [-0.05, 0) is 49.2 Å². The van der Waals surface area contributed by atoms with Crippen molar-refractivity contribution in [2.45, 2.75) is 20.3 Å². The zero-order valence-electron chi connectivity index (χ0n) is 12.4. The maximum atomic E-state index is 12.8. The first-order valence-corrected chi connectivity index (χ1v) is 7.06. The van der Waals surface area contributed by atoms with Crippen LogP contribution in [0.15, 0.2) is 47.1 Å². The highest BCUT2D eigenvalue weighted by Gasteiger charge is 2.13. The molecule has 0 bridgehead atoms. The van der Waals surface area contributed by atoms with Gasteiger partial charge in [0.1, 0.15) is 11.4 Å². The van der Waals surface area contributed by atoms with E-state index >= 15 is 0 Å². The van der Waals surface area contributed by atoms with Crippen molar-refractivity contribution >= 4 is 22.6 Å². The molecule has 0 radical (unpaired) electrons. The largest absolute Gasteiger partial charge is 0.464 e. The molecule has 0 aliphatic heterocycles.